The van der Waals surface area contributed by atoms with Crippen molar-refractivity contribution in [3.63, 3.8) is 0 Å². The summed E-state index contributed by atoms with van der Waals surface area (Å²) in [6.07, 6.45) is 0. The molecule has 5 nitrogen and oxygen atoms in total. The number of anilines is 1. The van der Waals surface area contributed by atoms with Crippen molar-refractivity contribution in [2.75, 3.05) is 5.32 Å². The van der Waals surface area contributed by atoms with Crippen LogP contribution < -0.4 is 5.32 Å². The molecule has 0 radical (unpaired) electrons. The van der Waals surface area contributed by atoms with E-state index in [2.05, 4.69) is 31.4 Å². The molecule has 25 heavy (non-hydrogen) atoms. The Kier molecular flexibility index (Phi) is 5.78. The van der Waals surface area contributed by atoms with Crippen LogP contribution in [-0.4, -0.2) is 21.4 Å². The van der Waals surface area contributed by atoms with E-state index in [1.54, 1.807) is 31.2 Å². The largest absolute Gasteiger partial charge is 0.411 e. The standard InChI is InChI=1S/C17H13BrClN3O2S/c1-10(15(23)20-12-6-4-5-11(19)9-12)25-17-22-21-16(24-17)13-7-2-3-8-14(13)18/h2-10H,1H3,(H,20,23). The van der Waals surface area contributed by atoms with Crippen LogP contribution in [0, 0.1) is 0 Å². The van der Waals surface area contributed by atoms with Gasteiger partial charge in [-0.15, -0.1) is 10.2 Å². The molecule has 0 aliphatic carbocycles. The van der Waals surface area contributed by atoms with E-state index in [9.17, 15) is 4.79 Å². The smallest absolute Gasteiger partial charge is 0.277 e. The number of rotatable bonds is 5. The van der Waals surface area contributed by atoms with Crippen molar-refractivity contribution in [2.24, 2.45) is 0 Å². The monoisotopic (exact) mass is 437 g/mol. The fraction of sp³-hybridized carbons (Fsp3) is 0.118. The van der Waals surface area contributed by atoms with Crippen molar-refractivity contribution >= 4 is 50.9 Å². The van der Waals surface area contributed by atoms with Crippen LogP contribution in [0.3, 0.4) is 0 Å². The first-order chi connectivity index (χ1) is 12.0. The number of aromatic nitrogens is 2. The van der Waals surface area contributed by atoms with Gasteiger partial charge in [0.05, 0.1) is 10.8 Å². The molecule has 0 fully saturated rings. The van der Waals surface area contributed by atoms with E-state index in [0.717, 1.165) is 10.0 Å². The molecular weight excluding hydrogens is 426 g/mol. The van der Waals surface area contributed by atoms with Gasteiger partial charge in [0.2, 0.25) is 11.8 Å². The Morgan fingerprint density at radius 1 is 1.24 bits per heavy atom. The maximum absolute atomic E-state index is 12.3. The summed E-state index contributed by atoms with van der Waals surface area (Å²) in [5.41, 5.74) is 1.45. The highest BCUT2D eigenvalue weighted by atomic mass is 79.9. The number of hydrogen-bond donors (Lipinski definition) is 1. The topological polar surface area (TPSA) is 68.0 Å². The second-order valence-electron chi connectivity index (χ2n) is 5.11. The minimum Gasteiger partial charge on any atom is -0.411 e. The van der Waals surface area contributed by atoms with Crippen LogP contribution >= 0.6 is 39.3 Å². The quantitative estimate of drug-likeness (QED) is 0.549. The molecular formula is C17H13BrClN3O2S. The van der Waals surface area contributed by atoms with Crippen molar-refractivity contribution in [3.8, 4) is 11.5 Å². The van der Waals surface area contributed by atoms with E-state index in [4.69, 9.17) is 16.0 Å². The average Bonchev–Trinajstić information content (AvgIpc) is 3.03. The van der Waals surface area contributed by atoms with E-state index in [-0.39, 0.29) is 5.91 Å². The lowest BCUT2D eigenvalue weighted by Gasteiger charge is -2.10. The number of halogens is 2. The molecule has 1 heterocycles. The van der Waals surface area contributed by atoms with Gasteiger partial charge in [-0.1, -0.05) is 41.6 Å². The lowest BCUT2D eigenvalue weighted by Crippen LogP contribution is -2.22. The molecule has 2 aromatic carbocycles. The van der Waals surface area contributed by atoms with Gasteiger partial charge in [-0.3, -0.25) is 4.79 Å². The SMILES string of the molecule is CC(Sc1nnc(-c2ccccc2Br)o1)C(=O)Nc1cccc(Cl)c1. The van der Waals surface area contributed by atoms with Gasteiger partial charge in [-0.2, -0.15) is 0 Å². The minimum absolute atomic E-state index is 0.173. The second kappa shape index (κ2) is 8.03. The van der Waals surface area contributed by atoms with Crippen LogP contribution in [0.15, 0.2) is 62.6 Å². The average molecular weight is 439 g/mol. The van der Waals surface area contributed by atoms with Gasteiger partial charge in [-0.05, 0) is 53.2 Å². The first-order valence-corrected chi connectivity index (χ1v) is 9.39. The maximum atomic E-state index is 12.3. The fourth-order valence-electron chi connectivity index (χ4n) is 2.02. The van der Waals surface area contributed by atoms with Gasteiger partial charge >= 0.3 is 0 Å². The number of thioether (sulfide) groups is 1. The van der Waals surface area contributed by atoms with Crippen LogP contribution in [-0.2, 0) is 4.79 Å². The zero-order valence-electron chi connectivity index (χ0n) is 13.1. The van der Waals surface area contributed by atoms with Crippen LogP contribution in [0.1, 0.15) is 6.92 Å². The van der Waals surface area contributed by atoms with E-state index in [1.165, 1.54) is 11.8 Å². The Morgan fingerprint density at radius 2 is 2.04 bits per heavy atom. The number of carbonyl (C=O) groups is 1. The van der Waals surface area contributed by atoms with Gasteiger partial charge in [0.15, 0.2) is 0 Å². The molecule has 8 heteroatoms. The summed E-state index contributed by atoms with van der Waals surface area (Å²) in [4.78, 5) is 12.3. The van der Waals surface area contributed by atoms with Crippen LogP contribution in [0.4, 0.5) is 5.69 Å². The van der Waals surface area contributed by atoms with Gasteiger partial charge in [0.1, 0.15) is 0 Å². The van der Waals surface area contributed by atoms with Crippen molar-refractivity contribution in [2.45, 2.75) is 17.4 Å². The van der Waals surface area contributed by atoms with Gasteiger partial charge in [-0.25, -0.2) is 0 Å². The number of benzene rings is 2. The van der Waals surface area contributed by atoms with Crippen molar-refractivity contribution < 1.29 is 9.21 Å². The molecule has 0 saturated heterocycles. The third-order valence-corrected chi connectivity index (χ3v) is 5.11. The molecule has 3 aromatic rings. The molecule has 0 bridgehead atoms. The summed E-state index contributed by atoms with van der Waals surface area (Å²) >= 11 is 10.6. The van der Waals surface area contributed by atoms with Gasteiger partial charge < -0.3 is 9.73 Å². The third kappa shape index (κ3) is 4.62. The molecule has 0 aliphatic heterocycles. The zero-order chi connectivity index (χ0) is 17.8. The molecule has 0 aliphatic rings. The van der Waals surface area contributed by atoms with Crippen molar-refractivity contribution in [1.82, 2.24) is 10.2 Å². The molecule has 128 valence electrons. The molecule has 0 saturated carbocycles. The number of carbonyl (C=O) groups excluding carboxylic acids is 1. The summed E-state index contributed by atoms with van der Waals surface area (Å²) in [7, 11) is 0. The van der Waals surface area contributed by atoms with E-state index in [0.29, 0.717) is 21.8 Å². The van der Waals surface area contributed by atoms with Crippen LogP contribution in [0.2, 0.25) is 5.02 Å². The number of nitrogens with zero attached hydrogens (tertiary/aromatic N) is 2. The number of hydrogen-bond acceptors (Lipinski definition) is 5. The summed E-state index contributed by atoms with van der Waals surface area (Å²) in [6, 6.07) is 14.6. The molecule has 1 N–H and O–H groups in total. The Morgan fingerprint density at radius 3 is 2.80 bits per heavy atom. The number of nitrogens with one attached hydrogen (secondary N) is 1. The molecule has 0 spiro atoms. The zero-order valence-corrected chi connectivity index (χ0v) is 16.2. The number of amides is 1. The molecule has 1 atom stereocenters. The van der Waals surface area contributed by atoms with Crippen LogP contribution in [0.5, 0.6) is 0 Å². The summed E-state index contributed by atoms with van der Waals surface area (Å²) < 4.78 is 6.51. The molecule has 3 rings (SSSR count). The highest BCUT2D eigenvalue weighted by Gasteiger charge is 2.19. The van der Waals surface area contributed by atoms with Crippen LogP contribution in [0.25, 0.3) is 11.5 Å². The fourth-order valence-corrected chi connectivity index (χ4v) is 3.34. The maximum Gasteiger partial charge on any atom is 0.277 e. The lowest BCUT2D eigenvalue weighted by atomic mass is 10.2. The Labute approximate surface area is 162 Å². The Bertz CT molecular complexity index is 903. The highest BCUT2D eigenvalue weighted by Crippen LogP contribution is 2.30. The minimum atomic E-state index is -0.411. The van der Waals surface area contributed by atoms with E-state index in [1.807, 2.05) is 24.3 Å². The summed E-state index contributed by atoms with van der Waals surface area (Å²) in [5.74, 6) is 0.227. The Balaban J connectivity index is 1.66. The normalized spacial score (nSPS) is 12.0. The first-order valence-electron chi connectivity index (χ1n) is 7.34. The summed E-state index contributed by atoms with van der Waals surface area (Å²) in [5, 5.41) is 11.3. The van der Waals surface area contributed by atoms with E-state index >= 15 is 0 Å². The third-order valence-electron chi connectivity index (χ3n) is 3.25. The molecule has 1 amide bonds. The first kappa shape index (κ1) is 18.0. The Hall–Kier alpha value is -1.83. The predicted molar refractivity (Wildman–Crippen MR) is 103 cm³/mol. The lowest BCUT2D eigenvalue weighted by molar-refractivity contribution is -0.115. The summed E-state index contributed by atoms with van der Waals surface area (Å²) in [6.45, 7) is 1.77. The second-order valence-corrected chi connectivity index (χ2v) is 7.70. The van der Waals surface area contributed by atoms with Crippen molar-refractivity contribution in [1.29, 1.82) is 0 Å². The predicted octanol–water partition coefficient (Wildman–Crippen LogP) is 5.27. The molecule has 1 unspecified atom stereocenters. The van der Waals surface area contributed by atoms with E-state index < -0.39 is 5.25 Å². The van der Waals surface area contributed by atoms with Gasteiger partial charge in [0.25, 0.3) is 5.22 Å². The van der Waals surface area contributed by atoms with Gasteiger partial charge in [0, 0.05) is 15.2 Å². The van der Waals surface area contributed by atoms with Crippen molar-refractivity contribution in [3.05, 3.63) is 58.0 Å². The molecule has 1 aromatic heterocycles. The highest BCUT2D eigenvalue weighted by molar-refractivity contribution is 9.10.